The third kappa shape index (κ3) is 4.02. The molecule has 0 spiro atoms. The fourth-order valence-corrected chi connectivity index (χ4v) is 3.31. The minimum absolute atomic E-state index is 0.230. The Balaban J connectivity index is 1.54. The molecule has 7 heteroatoms. The zero-order chi connectivity index (χ0) is 22.7. The summed E-state index contributed by atoms with van der Waals surface area (Å²) in [5.74, 6) is 0.668. The van der Waals surface area contributed by atoms with Crippen LogP contribution >= 0.6 is 0 Å². The number of ether oxygens (including phenoxy) is 3. The van der Waals surface area contributed by atoms with E-state index in [0.717, 1.165) is 5.56 Å². The van der Waals surface area contributed by atoms with Crippen molar-refractivity contribution in [3.8, 4) is 23.3 Å². The summed E-state index contributed by atoms with van der Waals surface area (Å²) < 4.78 is 16.0. The Labute approximate surface area is 184 Å². The molecular weight excluding hydrogens is 408 g/mol. The summed E-state index contributed by atoms with van der Waals surface area (Å²) in [6, 6.07) is 18.5. The maximum absolute atomic E-state index is 12.5. The van der Waals surface area contributed by atoms with Gasteiger partial charge >= 0.3 is 5.97 Å². The summed E-state index contributed by atoms with van der Waals surface area (Å²) in [5, 5.41) is 11.7. The first-order valence-electron chi connectivity index (χ1n) is 9.64. The SMILES string of the molecule is COc1cc2c(cc1OC)/C(=C\c1ccc(OC(=O)c3ccc(C#N)cc3)cc1)C(=O)N2. The number of hydrogen-bond acceptors (Lipinski definition) is 6. The fourth-order valence-electron chi connectivity index (χ4n) is 3.31. The van der Waals surface area contributed by atoms with Crippen molar-refractivity contribution in [2.45, 2.75) is 0 Å². The first-order chi connectivity index (χ1) is 15.5. The minimum atomic E-state index is -0.522. The van der Waals surface area contributed by atoms with Crippen LogP contribution in [-0.4, -0.2) is 26.1 Å². The second-order valence-electron chi connectivity index (χ2n) is 6.91. The third-order valence-corrected chi connectivity index (χ3v) is 4.96. The van der Waals surface area contributed by atoms with Gasteiger partial charge in [0.2, 0.25) is 0 Å². The number of methoxy groups -OCH3 is 2. The molecule has 0 radical (unpaired) electrons. The predicted octanol–water partition coefficient (Wildman–Crippen LogP) is 4.29. The first kappa shape index (κ1) is 20.7. The maximum atomic E-state index is 12.5. The van der Waals surface area contributed by atoms with Crippen molar-refractivity contribution in [2.75, 3.05) is 19.5 Å². The lowest BCUT2D eigenvalue weighted by Gasteiger charge is -2.09. The number of benzene rings is 3. The summed E-state index contributed by atoms with van der Waals surface area (Å²) in [6.45, 7) is 0. The van der Waals surface area contributed by atoms with Gasteiger partial charge in [0, 0.05) is 17.2 Å². The van der Waals surface area contributed by atoms with Crippen LogP contribution in [0, 0.1) is 11.3 Å². The predicted molar refractivity (Wildman–Crippen MR) is 119 cm³/mol. The molecule has 32 heavy (non-hydrogen) atoms. The van der Waals surface area contributed by atoms with Crippen LogP contribution in [0.2, 0.25) is 0 Å². The molecule has 1 aliphatic rings. The van der Waals surface area contributed by atoms with Gasteiger partial charge in [0.15, 0.2) is 11.5 Å². The Hall–Kier alpha value is -4.57. The highest BCUT2D eigenvalue weighted by Crippen LogP contribution is 2.41. The average molecular weight is 426 g/mol. The van der Waals surface area contributed by atoms with Gasteiger partial charge < -0.3 is 19.5 Å². The minimum Gasteiger partial charge on any atom is -0.493 e. The maximum Gasteiger partial charge on any atom is 0.343 e. The molecule has 0 bridgehead atoms. The molecule has 0 aliphatic carbocycles. The lowest BCUT2D eigenvalue weighted by atomic mass is 10.0. The molecule has 1 amide bonds. The van der Waals surface area contributed by atoms with Gasteiger partial charge in [0.05, 0.1) is 37.1 Å². The molecule has 3 aromatic rings. The number of amides is 1. The van der Waals surface area contributed by atoms with Crippen LogP contribution in [0.4, 0.5) is 5.69 Å². The van der Waals surface area contributed by atoms with Crippen molar-refractivity contribution >= 4 is 29.2 Å². The first-order valence-corrected chi connectivity index (χ1v) is 9.64. The number of esters is 1. The number of hydrogen-bond donors (Lipinski definition) is 1. The van der Waals surface area contributed by atoms with Crippen molar-refractivity contribution in [3.63, 3.8) is 0 Å². The number of carbonyl (C=O) groups excluding carboxylic acids is 2. The second-order valence-corrected chi connectivity index (χ2v) is 6.91. The summed E-state index contributed by atoms with van der Waals surface area (Å²) >= 11 is 0. The Bertz CT molecular complexity index is 1270. The molecule has 0 atom stereocenters. The molecule has 0 aromatic heterocycles. The number of rotatable bonds is 5. The summed E-state index contributed by atoms with van der Waals surface area (Å²) in [4.78, 5) is 24.8. The molecule has 3 aromatic carbocycles. The van der Waals surface area contributed by atoms with E-state index in [1.54, 1.807) is 66.7 Å². The van der Waals surface area contributed by atoms with Gasteiger partial charge in [0.25, 0.3) is 5.91 Å². The van der Waals surface area contributed by atoms with E-state index in [9.17, 15) is 9.59 Å². The zero-order valence-corrected chi connectivity index (χ0v) is 17.3. The highest BCUT2D eigenvalue weighted by Gasteiger charge is 2.26. The highest BCUT2D eigenvalue weighted by atomic mass is 16.5. The van der Waals surface area contributed by atoms with Crippen LogP contribution in [0.3, 0.4) is 0 Å². The van der Waals surface area contributed by atoms with Crippen LogP contribution in [0.15, 0.2) is 60.7 Å². The van der Waals surface area contributed by atoms with Gasteiger partial charge in [-0.05, 0) is 54.1 Å². The molecule has 0 saturated heterocycles. The molecule has 1 aliphatic heterocycles. The van der Waals surface area contributed by atoms with Crippen molar-refractivity contribution in [3.05, 3.63) is 82.9 Å². The summed E-state index contributed by atoms with van der Waals surface area (Å²) in [5.41, 5.74) is 3.42. The molecule has 158 valence electrons. The number of nitriles is 1. The Morgan fingerprint density at radius 1 is 0.969 bits per heavy atom. The molecule has 4 rings (SSSR count). The van der Waals surface area contributed by atoms with Crippen LogP contribution in [0.5, 0.6) is 17.2 Å². The smallest absolute Gasteiger partial charge is 0.343 e. The molecule has 1 N–H and O–H groups in total. The zero-order valence-electron chi connectivity index (χ0n) is 17.3. The Morgan fingerprint density at radius 3 is 2.25 bits per heavy atom. The summed E-state index contributed by atoms with van der Waals surface area (Å²) in [6.07, 6.45) is 1.75. The van der Waals surface area contributed by atoms with E-state index < -0.39 is 5.97 Å². The van der Waals surface area contributed by atoms with Gasteiger partial charge in [-0.2, -0.15) is 5.26 Å². The third-order valence-electron chi connectivity index (χ3n) is 4.96. The van der Waals surface area contributed by atoms with Crippen molar-refractivity contribution < 1.29 is 23.8 Å². The molecular formula is C25H18N2O5. The lowest BCUT2D eigenvalue weighted by Crippen LogP contribution is -2.08. The van der Waals surface area contributed by atoms with Crippen LogP contribution in [0.1, 0.15) is 27.0 Å². The number of anilines is 1. The van der Waals surface area contributed by atoms with Gasteiger partial charge in [0.1, 0.15) is 5.75 Å². The largest absolute Gasteiger partial charge is 0.493 e. The van der Waals surface area contributed by atoms with E-state index in [1.807, 2.05) is 6.07 Å². The second kappa shape index (κ2) is 8.66. The van der Waals surface area contributed by atoms with E-state index in [2.05, 4.69) is 5.32 Å². The quantitative estimate of drug-likeness (QED) is 0.371. The number of nitrogens with one attached hydrogen (secondary N) is 1. The number of fused-ring (bicyclic) bond motifs is 1. The van der Waals surface area contributed by atoms with E-state index in [4.69, 9.17) is 19.5 Å². The molecule has 1 heterocycles. The Kier molecular flexibility index (Phi) is 5.60. The van der Waals surface area contributed by atoms with Crippen molar-refractivity contribution in [1.29, 1.82) is 5.26 Å². The van der Waals surface area contributed by atoms with Crippen LogP contribution in [-0.2, 0) is 4.79 Å². The van der Waals surface area contributed by atoms with E-state index in [0.29, 0.717) is 45.2 Å². The van der Waals surface area contributed by atoms with Crippen molar-refractivity contribution in [1.82, 2.24) is 0 Å². The van der Waals surface area contributed by atoms with E-state index in [1.165, 1.54) is 14.2 Å². The van der Waals surface area contributed by atoms with Gasteiger partial charge in [-0.1, -0.05) is 12.1 Å². The molecule has 0 unspecified atom stereocenters. The monoisotopic (exact) mass is 426 g/mol. The standard InChI is InChI=1S/C25H18N2O5/c1-30-22-12-19-20(24(28)27-21(19)13-23(22)31-2)11-15-5-9-18(10-6-15)32-25(29)17-7-3-16(14-26)4-8-17/h3-13H,1-2H3,(H,27,28)/b20-11+. The van der Waals surface area contributed by atoms with E-state index >= 15 is 0 Å². The van der Waals surface area contributed by atoms with Crippen LogP contribution in [0.25, 0.3) is 11.6 Å². The Morgan fingerprint density at radius 2 is 1.62 bits per heavy atom. The highest BCUT2D eigenvalue weighted by molar-refractivity contribution is 6.35. The number of carbonyl (C=O) groups is 2. The normalized spacial score (nSPS) is 13.2. The molecule has 7 nitrogen and oxygen atoms in total. The van der Waals surface area contributed by atoms with Crippen molar-refractivity contribution in [2.24, 2.45) is 0 Å². The average Bonchev–Trinajstić information content (AvgIpc) is 3.13. The molecule has 0 saturated carbocycles. The van der Waals surface area contributed by atoms with E-state index in [-0.39, 0.29) is 5.91 Å². The fraction of sp³-hybridized carbons (Fsp3) is 0.0800. The summed E-state index contributed by atoms with van der Waals surface area (Å²) in [7, 11) is 3.07. The topological polar surface area (TPSA) is 97.7 Å². The van der Waals surface area contributed by atoms with Gasteiger partial charge in [-0.15, -0.1) is 0 Å². The van der Waals surface area contributed by atoms with Crippen LogP contribution < -0.4 is 19.5 Å². The molecule has 0 fully saturated rings. The van der Waals surface area contributed by atoms with Gasteiger partial charge in [-0.25, -0.2) is 4.79 Å². The lowest BCUT2D eigenvalue weighted by molar-refractivity contribution is -0.110. The number of nitrogens with zero attached hydrogens (tertiary/aromatic N) is 1. The van der Waals surface area contributed by atoms with Gasteiger partial charge in [-0.3, -0.25) is 4.79 Å².